The van der Waals surface area contributed by atoms with Crippen LogP contribution in [-0.2, 0) is 11.2 Å². The van der Waals surface area contributed by atoms with Gasteiger partial charge >= 0.3 is 0 Å². The summed E-state index contributed by atoms with van der Waals surface area (Å²) in [5.41, 5.74) is 0.889. The van der Waals surface area contributed by atoms with Crippen molar-refractivity contribution in [1.29, 1.82) is 0 Å². The van der Waals surface area contributed by atoms with Crippen LogP contribution in [0.25, 0.3) is 0 Å². The highest BCUT2D eigenvalue weighted by Crippen LogP contribution is 2.17. The van der Waals surface area contributed by atoms with Crippen molar-refractivity contribution in [2.75, 3.05) is 33.7 Å². The number of carbonyl (C=O) groups is 1. The molecule has 0 saturated carbocycles. The fourth-order valence-corrected chi connectivity index (χ4v) is 2.84. The van der Waals surface area contributed by atoms with E-state index >= 15 is 0 Å². The third-order valence-corrected chi connectivity index (χ3v) is 3.77. The smallest absolute Gasteiger partial charge is 0.151 e. The van der Waals surface area contributed by atoms with Gasteiger partial charge in [0.2, 0.25) is 0 Å². The number of carbonyl (C=O) groups excluding carboxylic acids is 1. The predicted molar refractivity (Wildman–Crippen MR) is 78.3 cm³/mol. The Bertz CT molecular complexity index is 444. The highest BCUT2D eigenvalue weighted by molar-refractivity contribution is 5.82. The zero-order valence-electron chi connectivity index (χ0n) is 12.3. The van der Waals surface area contributed by atoms with Gasteiger partial charge in [-0.2, -0.15) is 0 Å². The van der Waals surface area contributed by atoms with Crippen molar-refractivity contribution in [3.8, 4) is 0 Å². The zero-order valence-corrected chi connectivity index (χ0v) is 12.3. The van der Waals surface area contributed by atoms with Crippen LogP contribution in [0.3, 0.4) is 0 Å². The molecule has 1 aromatic rings. The average Bonchev–Trinajstić information content (AvgIpc) is 2.78. The van der Waals surface area contributed by atoms with Crippen LogP contribution in [0.2, 0.25) is 0 Å². The third-order valence-electron chi connectivity index (χ3n) is 3.77. The number of Topliss-reactive ketones (excluding diaryl/α,β-unsaturated/α-hetero) is 1. The van der Waals surface area contributed by atoms with Gasteiger partial charge in [-0.05, 0) is 51.2 Å². The Morgan fingerprint density at radius 2 is 2.05 bits per heavy atom. The number of benzene rings is 1. The molecule has 0 N–H and O–H groups in total. The van der Waals surface area contributed by atoms with Crippen LogP contribution in [-0.4, -0.2) is 55.4 Å². The molecule has 1 fully saturated rings. The highest BCUT2D eigenvalue weighted by Gasteiger charge is 2.26. The van der Waals surface area contributed by atoms with Gasteiger partial charge in [0.05, 0.1) is 6.54 Å². The maximum Gasteiger partial charge on any atom is 0.151 e. The first kappa shape index (κ1) is 15.1. The summed E-state index contributed by atoms with van der Waals surface area (Å²) in [5.74, 6) is -0.0472. The molecule has 20 heavy (non-hydrogen) atoms. The van der Waals surface area contributed by atoms with E-state index in [1.807, 2.05) is 0 Å². The van der Waals surface area contributed by atoms with Crippen LogP contribution in [0.15, 0.2) is 24.3 Å². The van der Waals surface area contributed by atoms with Crippen LogP contribution in [0.1, 0.15) is 18.4 Å². The second kappa shape index (κ2) is 6.95. The minimum Gasteiger partial charge on any atom is -0.308 e. The normalized spacial score (nSPS) is 19.7. The number of likely N-dealkylation sites (tertiary alicyclic amines) is 1. The molecule has 0 bridgehead atoms. The van der Waals surface area contributed by atoms with Gasteiger partial charge in [0.1, 0.15) is 5.82 Å². The monoisotopic (exact) mass is 278 g/mol. The number of hydrogen-bond donors (Lipinski definition) is 0. The van der Waals surface area contributed by atoms with E-state index in [0.717, 1.165) is 18.7 Å². The van der Waals surface area contributed by atoms with Crippen LogP contribution < -0.4 is 0 Å². The lowest BCUT2D eigenvalue weighted by atomic mass is 10.1. The minimum absolute atomic E-state index is 0.210. The van der Waals surface area contributed by atoms with E-state index in [1.54, 1.807) is 12.1 Å². The van der Waals surface area contributed by atoms with Gasteiger partial charge < -0.3 is 4.90 Å². The highest BCUT2D eigenvalue weighted by atomic mass is 19.1. The molecular weight excluding hydrogens is 255 g/mol. The van der Waals surface area contributed by atoms with Crippen LogP contribution in [0, 0.1) is 5.82 Å². The fourth-order valence-electron chi connectivity index (χ4n) is 2.84. The molecule has 0 aliphatic carbocycles. The van der Waals surface area contributed by atoms with Crippen molar-refractivity contribution >= 4 is 5.78 Å². The van der Waals surface area contributed by atoms with E-state index in [9.17, 15) is 9.18 Å². The summed E-state index contributed by atoms with van der Waals surface area (Å²) in [7, 11) is 4.13. The first-order valence-corrected chi connectivity index (χ1v) is 7.19. The molecule has 2 rings (SSSR count). The van der Waals surface area contributed by atoms with Gasteiger partial charge in [0, 0.05) is 19.0 Å². The second-order valence-electron chi connectivity index (χ2n) is 5.87. The van der Waals surface area contributed by atoms with Crippen molar-refractivity contribution < 1.29 is 9.18 Å². The van der Waals surface area contributed by atoms with Crippen LogP contribution >= 0.6 is 0 Å². The number of hydrogen-bond acceptors (Lipinski definition) is 3. The molecule has 4 heteroatoms. The molecule has 0 amide bonds. The predicted octanol–water partition coefficient (Wildman–Crippen LogP) is 1.96. The summed E-state index contributed by atoms with van der Waals surface area (Å²) in [5, 5.41) is 0. The molecule has 1 atom stereocenters. The van der Waals surface area contributed by atoms with Gasteiger partial charge in [0.25, 0.3) is 0 Å². The molecule has 1 unspecified atom stereocenters. The van der Waals surface area contributed by atoms with E-state index < -0.39 is 0 Å². The average molecular weight is 278 g/mol. The van der Waals surface area contributed by atoms with E-state index in [0.29, 0.717) is 19.0 Å². The van der Waals surface area contributed by atoms with Gasteiger partial charge in [-0.3, -0.25) is 9.69 Å². The molecule has 1 aromatic carbocycles. The van der Waals surface area contributed by atoms with Crippen molar-refractivity contribution in [1.82, 2.24) is 9.80 Å². The second-order valence-corrected chi connectivity index (χ2v) is 5.87. The largest absolute Gasteiger partial charge is 0.308 e. The zero-order chi connectivity index (χ0) is 14.5. The quantitative estimate of drug-likeness (QED) is 0.795. The Morgan fingerprint density at radius 1 is 1.35 bits per heavy atom. The van der Waals surface area contributed by atoms with Crippen molar-refractivity contribution in [3.05, 3.63) is 35.6 Å². The maximum atomic E-state index is 12.8. The Balaban J connectivity index is 1.86. The molecule has 1 aliphatic heterocycles. The Morgan fingerprint density at radius 3 is 2.70 bits per heavy atom. The van der Waals surface area contributed by atoms with Crippen molar-refractivity contribution in [3.63, 3.8) is 0 Å². The topological polar surface area (TPSA) is 23.6 Å². The lowest BCUT2D eigenvalue weighted by Gasteiger charge is -2.26. The van der Waals surface area contributed by atoms with Crippen molar-refractivity contribution in [2.45, 2.75) is 25.3 Å². The van der Waals surface area contributed by atoms with E-state index in [-0.39, 0.29) is 11.6 Å². The molecule has 110 valence electrons. The summed E-state index contributed by atoms with van der Waals surface area (Å²) in [6, 6.07) is 6.69. The van der Waals surface area contributed by atoms with E-state index in [1.165, 1.54) is 25.0 Å². The number of likely N-dealkylation sites (N-methyl/N-ethyl adjacent to an activating group) is 1. The molecule has 0 radical (unpaired) electrons. The van der Waals surface area contributed by atoms with E-state index in [2.05, 4.69) is 23.9 Å². The molecule has 3 nitrogen and oxygen atoms in total. The summed E-state index contributed by atoms with van der Waals surface area (Å²) < 4.78 is 12.8. The summed E-state index contributed by atoms with van der Waals surface area (Å²) in [6.07, 6.45) is 2.73. The number of nitrogens with zero attached hydrogens (tertiary/aromatic N) is 2. The minimum atomic E-state index is -0.258. The van der Waals surface area contributed by atoms with Gasteiger partial charge in [-0.1, -0.05) is 12.1 Å². The molecule has 1 heterocycles. The number of ketones is 1. The van der Waals surface area contributed by atoms with Crippen LogP contribution in [0.5, 0.6) is 0 Å². The SMILES string of the molecule is CN(C)CC1CCCN1CC(=O)Cc1ccc(F)cc1. The molecule has 1 saturated heterocycles. The summed E-state index contributed by atoms with van der Waals surface area (Å²) >= 11 is 0. The Kier molecular flexibility index (Phi) is 5.26. The first-order chi connectivity index (χ1) is 9.54. The summed E-state index contributed by atoms with van der Waals surface area (Å²) in [6.45, 7) is 2.52. The van der Waals surface area contributed by atoms with Gasteiger partial charge in [-0.15, -0.1) is 0 Å². The number of halogens is 1. The standard InChI is InChI=1S/C16H23FN2O/c1-18(2)11-15-4-3-9-19(15)12-16(20)10-13-5-7-14(17)8-6-13/h5-8,15H,3-4,9-12H2,1-2H3. The third kappa shape index (κ3) is 4.39. The lowest BCUT2D eigenvalue weighted by molar-refractivity contribution is -0.119. The first-order valence-electron chi connectivity index (χ1n) is 7.19. The van der Waals surface area contributed by atoms with Crippen LogP contribution in [0.4, 0.5) is 4.39 Å². The van der Waals surface area contributed by atoms with Gasteiger partial charge in [-0.25, -0.2) is 4.39 Å². The van der Waals surface area contributed by atoms with Gasteiger partial charge in [0.15, 0.2) is 5.78 Å². The molecule has 0 aromatic heterocycles. The fraction of sp³-hybridized carbons (Fsp3) is 0.562. The molecule has 0 spiro atoms. The summed E-state index contributed by atoms with van der Waals surface area (Å²) in [4.78, 5) is 16.6. The van der Waals surface area contributed by atoms with Crippen molar-refractivity contribution in [2.24, 2.45) is 0 Å². The Labute approximate surface area is 120 Å². The molecular formula is C16H23FN2O. The van der Waals surface area contributed by atoms with E-state index in [4.69, 9.17) is 0 Å². The lowest BCUT2D eigenvalue weighted by Crippen LogP contribution is -2.40. The Hall–Kier alpha value is -1.26. The number of rotatable bonds is 6. The maximum absolute atomic E-state index is 12.8. The molecule has 1 aliphatic rings.